The van der Waals surface area contributed by atoms with Crippen molar-refractivity contribution in [3.63, 3.8) is 0 Å². The number of nitrogens with zero attached hydrogens (tertiary/aromatic N) is 2. The molecule has 2 aliphatic rings. The summed E-state index contributed by atoms with van der Waals surface area (Å²) in [5.74, 6) is 0.867. The average molecular weight is 793 g/mol. The molecule has 0 aliphatic carbocycles. The van der Waals surface area contributed by atoms with Crippen molar-refractivity contribution in [1.82, 2.24) is 4.57 Å². The summed E-state index contributed by atoms with van der Waals surface area (Å²) in [6.07, 6.45) is 0. The van der Waals surface area contributed by atoms with Gasteiger partial charge in [0.1, 0.15) is 11.3 Å². The zero-order valence-electron chi connectivity index (χ0n) is 34.4. The molecule has 5 heteroatoms. The SMILES string of the molecule is CC1(C)c2ccccc2Nc2c(-c3c4c5c(c6ccccc36)c3cc(N(c6ccccc6)c6ccccc6)ccc3n5-c3cc5oc(-c6ccccc6)cc5cc3[B]4)cccc21. The summed E-state index contributed by atoms with van der Waals surface area (Å²) in [4.78, 5) is 2.36. The predicted octanol–water partition coefficient (Wildman–Crippen LogP) is 13.8. The van der Waals surface area contributed by atoms with Gasteiger partial charge in [0.05, 0.1) is 11.2 Å². The van der Waals surface area contributed by atoms with Crippen molar-refractivity contribution < 1.29 is 4.42 Å². The Morgan fingerprint density at radius 2 is 1.26 bits per heavy atom. The third-order valence-electron chi connectivity index (χ3n) is 13.4. The van der Waals surface area contributed by atoms with Crippen molar-refractivity contribution in [1.29, 1.82) is 0 Å². The molecule has 62 heavy (non-hydrogen) atoms. The van der Waals surface area contributed by atoms with E-state index in [2.05, 4.69) is 224 Å². The van der Waals surface area contributed by atoms with Gasteiger partial charge in [0, 0.05) is 72.7 Å². The first-order chi connectivity index (χ1) is 30.5. The summed E-state index contributed by atoms with van der Waals surface area (Å²) in [6, 6.07) is 70.2. The normalized spacial score (nSPS) is 13.4. The van der Waals surface area contributed by atoms with Gasteiger partial charge in [-0.2, -0.15) is 0 Å². The Balaban J connectivity index is 1.14. The van der Waals surface area contributed by atoms with Gasteiger partial charge < -0.3 is 19.2 Å². The molecule has 9 aromatic carbocycles. The molecular weight excluding hydrogens is 753 g/mol. The van der Waals surface area contributed by atoms with Crippen molar-refractivity contribution >= 4 is 90.2 Å². The van der Waals surface area contributed by atoms with E-state index in [1.165, 1.54) is 60.5 Å². The molecule has 4 heterocycles. The number of fused-ring (bicyclic) bond motifs is 10. The van der Waals surface area contributed by atoms with Crippen LogP contribution in [0, 0.1) is 0 Å². The standard InChI is InChI=1S/C57H39BN3O/c1-57(2)44-26-14-15-28-47(44)59-55-42(25-16-27-45(55)57)52-40-23-12-13-24-41(40)53-43-33-39(60(37-19-8-4-9-20-37)38-21-10-5-11-22-38)29-30-48(43)61-49-34-51-36(31-46(49)58-54(52)56(53)61)32-50(62-51)35-17-6-3-7-18-35/h3-34,59H,1-2H3. The van der Waals surface area contributed by atoms with E-state index in [4.69, 9.17) is 4.42 Å². The highest BCUT2D eigenvalue weighted by Gasteiger charge is 2.36. The van der Waals surface area contributed by atoms with Crippen molar-refractivity contribution in [3.8, 4) is 28.1 Å². The lowest BCUT2D eigenvalue weighted by atomic mass is 9.58. The first kappa shape index (κ1) is 35.0. The van der Waals surface area contributed by atoms with Crippen LogP contribution in [0.3, 0.4) is 0 Å². The summed E-state index contributed by atoms with van der Waals surface area (Å²) in [7, 11) is 2.44. The molecule has 4 nitrogen and oxygen atoms in total. The number of anilines is 5. The molecule has 1 radical (unpaired) electrons. The fourth-order valence-corrected chi connectivity index (χ4v) is 10.5. The fourth-order valence-electron chi connectivity index (χ4n) is 10.5. The Hall–Kier alpha value is -7.76. The zero-order valence-corrected chi connectivity index (χ0v) is 34.4. The van der Waals surface area contributed by atoms with E-state index < -0.39 is 0 Å². The third-order valence-corrected chi connectivity index (χ3v) is 13.4. The molecular formula is C57H39BN3O. The second kappa shape index (κ2) is 13.1. The van der Waals surface area contributed by atoms with E-state index in [9.17, 15) is 0 Å². The van der Waals surface area contributed by atoms with E-state index in [0.29, 0.717) is 0 Å². The summed E-state index contributed by atoms with van der Waals surface area (Å²) in [6.45, 7) is 4.71. The molecule has 0 atom stereocenters. The summed E-state index contributed by atoms with van der Waals surface area (Å²) in [5, 5.41) is 9.94. The van der Waals surface area contributed by atoms with Gasteiger partial charge in [-0.15, -0.1) is 0 Å². The Morgan fingerprint density at radius 1 is 0.581 bits per heavy atom. The maximum Gasteiger partial charge on any atom is 0.197 e. The Bertz CT molecular complexity index is 3570. The van der Waals surface area contributed by atoms with Crippen LogP contribution in [0.2, 0.25) is 0 Å². The second-order valence-electron chi connectivity index (χ2n) is 17.2. The minimum atomic E-state index is -0.196. The summed E-state index contributed by atoms with van der Waals surface area (Å²) < 4.78 is 9.18. The molecule has 0 fully saturated rings. The molecule has 0 saturated carbocycles. The van der Waals surface area contributed by atoms with Crippen LogP contribution in [0.25, 0.3) is 71.7 Å². The number of nitrogens with one attached hydrogen (secondary N) is 1. The lowest BCUT2D eigenvalue weighted by Crippen LogP contribution is -2.37. The molecule has 11 aromatic rings. The second-order valence-corrected chi connectivity index (χ2v) is 17.2. The molecule has 2 aliphatic heterocycles. The Kier molecular flexibility index (Phi) is 7.42. The predicted molar refractivity (Wildman–Crippen MR) is 260 cm³/mol. The van der Waals surface area contributed by atoms with Crippen LogP contribution in [-0.4, -0.2) is 11.8 Å². The van der Waals surface area contributed by atoms with Gasteiger partial charge in [-0.05, 0) is 87.5 Å². The van der Waals surface area contributed by atoms with E-state index in [1.807, 2.05) is 6.07 Å². The summed E-state index contributed by atoms with van der Waals surface area (Å²) in [5.41, 5.74) is 18.2. The van der Waals surface area contributed by atoms with Crippen molar-refractivity contribution in [3.05, 3.63) is 205 Å². The largest absolute Gasteiger partial charge is 0.456 e. The topological polar surface area (TPSA) is 33.3 Å². The van der Waals surface area contributed by atoms with E-state index in [-0.39, 0.29) is 5.41 Å². The van der Waals surface area contributed by atoms with Gasteiger partial charge in [0.25, 0.3) is 0 Å². The highest BCUT2D eigenvalue weighted by molar-refractivity contribution is 6.74. The number of hydrogen-bond acceptors (Lipinski definition) is 3. The van der Waals surface area contributed by atoms with Crippen LogP contribution in [0.5, 0.6) is 0 Å². The van der Waals surface area contributed by atoms with Crippen LogP contribution >= 0.6 is 0 Å². The van der Waals surface area contributed by atoms with Crippen LogP contribution in [0.4, 0.5) is 28.4 Å². The third kappa shape index (κ3) is 5.02. The zero-order chi connectivity index (χ0) is 41.1. The quantitative estimate of drug-likeness (QED) is 0.176. The van der Waals surface area contributed by atoms with Crippen LogP contribution in [0.15, 0.2) is 199 Å². The number of furan rings is 1. The van der Waals surface area contributed by atoms with Gasteiger partial charge in [0.2, 0.25) is 0 Å². The Labute approximate surface area is 360 Å². The number of hydrogen-bond donors (Lipinski definition) is 1. The molecule has 0 saturated heterocycles. The van der Waals surface area contributed by atoms with Gasteiger partial charge in [-0.25, -0.2) is 0 Å². The first-order valence-electron chi connectivity index (χ1n) is 21.4. The minimum absolute atomic E-state index is 0.196. The lowest BCUT2D eigenvalue weighted by molar-refractivity contribution is 0.631. The van der Waals surface area contributed by atoms with E-state index >= 15 is 0 Å². The van der Waals surface area contributed by atoms with Crippen molar-refractivity contribution in [2.24, 2.45) is 0 Å². The number of aromatic nitrogens is 1. The number of benzene rings is 9. The van der Waals surface area contributed by atoms with Gasteiger partial charge in [-0.1, -0.05) is 153 Å². The van der Waals surface area contributed by atoms with Crippen LogP contribution in [0.1, 0.15) is 25.0 Å². The van der Waals surface area contributed by atoms with Crippen LogP contribution in [-0.2, 0) is 5.41 Å². The molecule has 0 amide bonds. The molecule has 0 unspecified atom stereocenters. The molecule has 291 valence electrons. The van der Waals surface area contributed by atoms with Gasteiger partial charge in [-0.3, -0.25) is 0 Å². The smallest absolute Gasteiger partial charge is 0.197 e. The highest BCUT2D eigenvalue weighted by Crippen LogP contribution is 2.51. The number of para-hydroxylation sites is 4. The minimum Gasteiger partial charge on any atom is -0.456 e. The maximum absolute atomic E-state index is 6.67. The fraction of sp³-hybridized carbons (Fsp3) is 0.0526. The van der Waals surface area contributed by atoms with E-state index in [0.717, 1.165) is 61.7 Å². The van der Waals surface area contributed by atoms with Gasteiger partial charge in [0.15, 0.2) is 7.28 Å². The molecule has 0 spiro atoms. The molecule has 13 rings (SSSR count). The van der Waals surface area contributed by atoms with E-state index in [1.54, 1.807) is 0 Å². The van der Waals surface area contributed by atoms with Crippen molar-refractivity contribution in [2.75, 3.05) is 10.2 Å². The van der Waals surface area contributed by atoms with Gasteiger partial charge >= 0.3 is 0 Å². The highest BCUT2D eigenvalue weighted by atomic mass is 16.3. The van der Waals surface area contributed by atoms with Crippen molar-refractivity contribution in [2.45, 2.75) is 19.3 Å². The molecule has 0 bridgehead atoms. The monoisotopic (exact) mass is 792 g/mol. The number of rotatable bonds is 5. The molecule has 2 aromatic heterocycles. The first-order valence-corrected chi connectivity index (χ1v) is 21.4. The lowest BCUT2D eigenvalue weighted by Gasteiger charge is -2.37. The maximum atomic E-state index is 6.67. The summed E-state index contributed by atoms with van der Waals surface area (Å²) >= 11 is 0. The Morgan fingerprint density at radius 3 is 2.03 bits per heavy atom. The molecule has 1 N–H and O–H groups in total. The van der Waals surface area contributed by atoms with Crippen LogP contribution < -0.4 is 21.1 Å². The average Bonchev–Trinajstić information content (AvgIpc) is 3.89.